The lowest BCUT2D eigenvalue weighted by Gasteiger charge is -2.29. The average molecular weight is 325 g/mol. The standard InChI is InChI=1S/C18H19N3O3/c22-17(16-14-5-1-2-7-15(14)19-20-16)21-9-8-12-11(10-21)4-3-6-13(12)18(23)24/h3-4,6H,1-2,5,7-10H2,(H,19,20)(H,23,24). The van der Waals surface area contributed by atoms with Crippen LogP contribution in [0.15, 0.2) is 18.2 Å². The number of nitrogens with zero attached hydrogens (tertiary/aromatic N) is 2. The van der Waals surface area contributed by atoms with Gasteiger partial charge in [-0.2, -0.15) is 5.10 Å². The predicted octanol–water partition coefficient (Wildman–Crippen LogP) is 2.19. The third kappa shape index (κ3) is 2.38. The number of aromatic amines is 1. The smallest absolute Gasteiger partial charge is 0.335 e. The van der Waals surface area contributed by atoms with Crippen LogP contribution in [0, 0.1) is 0 Å². The van der Waals surface area contributed by atoms with Crippen LogP contribution in [-0.4, -0.2) is 38.6 Å². The summed E-state index contributed by atoms with van der Waals surface area (Å²) in [4.78, 5) is 26.0. The second-order valence-electron chi connectivity index (χ2n) is 6.46. The van der Waals surface area contributed by atoms with Crippen molar-refractivity contribution in [2.24, 2.45) is 0 Å². The first-order valence-electron chi connectivity index (χ1n) is 8.34. The summed E-state index contributed by atoms with van der Waals surface area (Å²) >= 11 is 0. The number of carbonyl (C=O) groups is 2. The third-order valence-electron chi connectivity index (χ3n) is 5.04. The van der Waals surface area contributed by atoms with E-state index in [0.29, 0.717) is 30.8 Å². The van der Waals surface area contributed by atoms with Crippen LogP contribution < -0.4 is 0 Å². The number of carbonyl (C=O) groups excluding carboxylic acids is 1. The molecule has 6 nitrogen and oxygen atoms in total. The van der Waals surface area contributed by atoms with Crippen molar-refractivity contribution in [1.29, 1.82) is 0 Å². The minimum Gasteiger partial charge on any atom is -0.478 e. The molecule has 0 saturated heterocycles. The van der Waals surface area contributed by atoms with Gasteiger partial charge in [-0.05, 0) is 49.3 Å². The van der Waals surface area contributed by atoms with Crippen molar-refractivity contribution in [2.45, 2.75) is 38.6 Å². The molecule has 0 bridgehead atoms. The zero-order valence-electron chi connectivity index (χ0n) is 13.3. The van der Waals surface area contributed by atoms with Crippen LogP contribution in [-0.2, 0) is 25.8 Å². The number of amides is 1. The SMILES string of the molecule is O=C(O)c1cccc2c1CCN(C(=O)c1n[nH]c3c1CCCC3)C2. The van der Waals surface area contributed by atoms with E-state index in [9.17, 15) is 14.7 Å². The van der Waals surface area contributed by atoms with Gasteiger partial charge in [0, 0.05) is 24.3 Å². The average Bonchev–Trinajstić information content (AvgIpc) is 3.04. The summed E-state index contributed by atoms with van der Waals surface area (Å²) in [6.45, 7) is 0.967. The lowest BCUT2D eigenvalue weighted by atomic mass is 9.93. The van der Waals surface area contributed by atoms with Gasteiger partial charge in [-0.15, -0.1) is 0 Å². The molecule has 0 fully saturated rings. The first kappa shape index (κ1) is 14.9. The number of benzene rings is 1. The maximum Gasteiger partial charge on any atom is 0.335 e. The zero-order valence-corrected chi connectivity index (χ0v) is 13.3. The van der Waals surface area contributed by atoms with Gasteiger partial charge in [0.25, 0.3) is 5.91 Å². The van der Waals surface area contributed by atoms with Crippen LogP contribution in [0.25, 0.3) is 0 Å². The number of aryl methyl sites for hydroxylation is 1. The van der Waals surface area contributed by atoms with Gasteiger partial charge in [0.1, 0.15) is 0 Å². The minimum absolute atomic E-state index is 0.0548. The Balaban J connectivity index is 1.61. The summed E-state index contributed by atoms with van der Waals surface area (Å²) in [6, 6.07) is 5.27. The number of aromatic carboxylic acids is 1. The highest BCUT2D eigenvalue weighted by molar-refractivity contribution is 5.94. The van der Waals surface area contributed by atoms with Gasteiger partial charge in [0.2, 0.25) is 0 Å². The number of hydrogen-bond donors (Lipinski definition) is 2. The number of carboxylic acid groups (broad SMARTS) is 1. The molecule has 0 unspecified atom stereocenters. The Morgan fingerprint density at radius 1 is 1.12 bits per heavy atom. The Bertz CT molecular complexity index is 825. The summed E-state index contributed by atoms with van der Waals surface area (Å²) < 4.78 is 0. The molecule has 24 heavy (non-hydrogen) atoms. The highest BCUT2D eigenvalue weighted by Gasteiger charge is 2.29. The summed E-state index contributed by atoms with van der Waals surface area (Å²) in [6.07, 6.45) is 4.66. The van der Waals surface area contributed by atoms with Gasteiger partial charge in [-0.25, -0.2) is 4.79 Å². The van der Waals surface area contributed by atoms with Crippen LogP contribution >= 0.6 is 0 Å². The molecule has 124 valence electrons. The molecule has 2 N–H and O–H groups in total. The number of hydrogen-bond acceptors (Lipinski definition) is 3. The van der Waals surface area contributed by atoms with Crippen LogP contribution in [0.2, 0.25) is 0 Å². The van der Waals surface area contributed by atoms with Crippen LogP contribution in [0.4, 0.5) is 0 Å². The first-order chi connectivity index (χ1) is 11.6. The van der Waals surface area contributed by atoms with Crippen molar-refractivity contribution in [3.05, 3.63) is 51.8 Å². The van der Waals surface area contributed by atoms with Crippen molar-refractivity contribution in [3.63, 3.8) is 0 Å². The highest BCUT2D eigenvalue weighted by Crippen LogP contribution is 2.27. The molecule has 0 atom stereocenters. The second kappa shape index (κ2) is 5.78. The topological polar surface area (TPSA) is 86.3 Å². The van der Waals surface area contributed by atoms with Gasteiger partial charge in [0.15, 0.2) is 5.69 Å². The van der Waals surface area contributed by atoms with Crippen LogP contribution in [0.1, 0.15) is 56.1 Å². The van der Waals surface area contributed by atoms with Crippen LogP contribution in [0.3, 0.4) is 0 Å². The molecule has 0 radical (unpaired) electrons. The second-order valence-corrected chi connectivity index (χ2v) is 6.46. The predicted molar refractivity (Wildman–Crippen MR) is 87.1 cm³/mol. The van der Waals surface area contributed by atoms with E-state index in [0.717, 1.165) is 48.1 Å². The number of H-pyrrole nitrogens is 1. The van der Waals surface area contributed by atoms with E-state index in [2.05, 4.69) is 10.2 Å². The van der Waals surface area contributed by atoms with Crippen molar-refractivity contribution in [1.82, 2.24) is 15.1 Å². The molecule has 1 aromatic heterocycles. The minimum atomic E-state index is -0.909. The van der Waals surface area contributed by atoms with Crippen molar-refractivity contribution >= 4 is 11.9 Å². The Kier molecular flexibility index (Phi) is 3.59. The summed E-state index contributed by atoms with van der Waals surface area (Å²) in [7, 11) is 0. The van der Waals surface area contributed by atoms with Crippen molar-refractivity contribution in [2.75, 3.05) is 6.54 Å². The molecule has 1 amide bonds. The largest absolute Gasteiger partial charge is 0.478 e. The third-order valence-corrected chi connectivity index (χ3v) is 5.04. The Morgan fingerprint density at radius 2 is 1.96 bits per heavy atom. The Labute approximate surface area is 139 Å². The molecule has 1 aromatic carbocycles. The maximum absolute atomic E-state index is 12.9. The van der Waals surface area contributed by atoms with Gasteiger partial charge in [-0.1, -0.05) is 12.1 Å². The number of fused-ring (bicyclic) bond motifs is 2. The molecule has 2 heterocycles. The molecule has 0 saturated carbocycles. The van der Waals surface area contributed by atoms with E-state index < -0.39 is 5.97 Å². The molecule has 4 rings (SSSR count). The van der Waals surface area contributed by atoms with E-state index in [1.54, 1.807) is 17.0 Å². The molecule has 0 spiro atoms. The summed E-state index contributed by atoms with van der Waals surface area (Å²) in [5.41, 5.74) is 4.81. The molecule has 1 aliphatic carbocycles. The molecular weight excluding hydrogens is 306 g/mol. The number of carboxylic acids is 1. The lowest BCUT2D eigenvalue weighted by molar-refractivity contribution is 0.0694. The summed E-state index contributed by atoms with van der Waals surface area (Å²) in [5, 5.41) is 16.6. The van der Waals surface area contributed by atoms with Crippen LogP contribution in [0.5, 0.6) is 0 Å². The Morgan fingerprint density at radius 3 is 2.79 bits per heavy atom. The van der Waals surface area contributed by atoms with E-state index in [1.165, 1.54) is 0 Å². The fraction of sp³-hybridized carbons (Fsp3) is 0.389. The first-order valence-corrected chi connectivity index (χ1v) is 8.34. The Hall–Kier alpha value is -2.63. The normalized spacial score (nSPS) is 16.4. The van der Waals surface area contributed by atoms with E-state index in [1.807, 2.05) is 6.07 Å². The monoisotopic (exact) mass is 325 g/mol. The highest BCUT2D eigenvalue weighted by atomic mass is 16.4. The van der Waals surface area contributed by atoms with Crippen molar-refractivity contribution < 1.29 is 14.7 Å². The number of nitrogens with one attached hydrogen (secondary N) is 1. The number of aromatic nitrogens is 2. The molecule has 2 aliphatic rings. The van der Waals surface area contributed by atoms with Gasteiger partial charge in [0.05, 0.1) is 5.56 Å². The van der Waals surface area contributed by atoms with Gasteiger partial charge in [-0.3, -0.25) is 9.89 Å². The fourth-order valence-electron chi connectivity index (χ4n) is 3.79. The quantitative estimate of drug-likeness (QED) is 0.886. The molecule has 1 aliphatic heterocycles. The maximum atomic E-state index is 12.9. The summed E-state index contributed by atoms with van der Waals surface area (Å²) in [5.74, 6) is -0.964. The zero-order chi connectivity index (χ0) is 16.7. The molecule has 6 heteroatoms. The van der Waals surface area contributed by atoms with E-state index in [4.69, 9.17) is 0 Å². The lowest BCUT2D eigenvalue weighted by Crippen LogP contribution is -2.37. The van der Waals surface area contributed by atoms with Crippen molar-refractivity contribution in [3.8, 4) is 0 Å². The van der Waals surface area contributed by atoms with Gasteiger partial charge >= 0.3 is 5.97 Å². The molecular formula is C18H19N3O3. The van der Waals surface area contributed by atoms with E-state index >= 15 is 0 Å². The molecule has 2 aromatic rings. The van der Waals surface area contributed by atoms with Gasteiger partial charge < -0.3 is 10.0 Å². The van der Waals surface area contributed by atoms with E-state index in [-0.39, 0.29) is 5.91 Å². The number of rotatable bonds is 2. The fourth-order valence-corrected chi connectivity index (χ4v) is 3.79.